The second-order valence-electron chi connectivity index (χ2n) is 6.37. The van der Waals surface area contributed by atoms with Gasteiger partial charge < -0.3 is 19.7 Å². The molecule has 0 bridgehead atoms. The van der Waals surface area contributed by atoms with Crippen molar-refractivity contribution in [2.75, 3.05) is 42.3 Å². The van der Waals surface area contributed by atoms with Crippen LogP contribution in [-0.4, -0.2) is 50.0 Å². The van der Waals surface area contributed by atoms with Gasteiger partial charge in [-0.1, -0.05) is 18.2 Å². The van der Waals surface area contributed by atoms with Crippen LogP contribution in [0.25, 0.3) is 0 Å². The Kier molecular flexibility index (Phi) is 7.33. The summed E-state index contributed by atoms with van der Waals surface area (Å²) in [4.78, 5) is 27.5. The van der Waals surface area contributed by atoms with Gasteiger partial charge in [0.15, 0.2) is 6.10 Å². The number of nitrogens with one attached hydrogen (secondary N) is 1. The van der Waals surface area contributed by atoms with Crippen molar-refractivity contribution in [2.24, 2.45) is 0 Å². The lowest BCUT2D eigenvalue weighted by atomic mass is 10.2. The van der Waals surface area contributed by atoms with Gasteiger partial charge in [0.2, 0.25) is 0 Å². The first-order valence-corrected chi connectivity index (χ1v) is 10.2. The number of hydrogen-bond donors (Lipinski definition) is 1. The highest BCUT2D eigenvalue weighted by Gasteiger charge is 2.18. The fourth-order valence-electron chi connectivity index (χ4n) is 2.76. The average Bonchev–Trinajstić information content (AvgIpc) is 2.74. The number of ether oxygens (including phenoxy) is 2. The van der Waals surface area contributed by atoms with Gasteiger partial charge in [0, 0.05) is 29.4 Å². The number of thioether (sulfide) groups is 1. The molecule has 7 heteroatoms. The topological polar surface area (TPSA) is 67.9 Å². The molecule has 1 aliphatic heterocycles. The third-order valence-electron chi connectivity index (χ3n) is 4.29. The van der Waals surface area contributed by atoms with Gasteiger partial charge in [0.05, 0.1) is 19.0 Å². The number of anilines is 2. The summed E-state index contributed by atoms with van der Waals surface area (Å²) in [6.07, 6.45) is -0.859. The van der Waals surface area contributed by atoms with Gasteiger partial charge in [-0.15, -0.1) is 11.8 Å². The molecule has 148 valence electrons. The maximum Gasteiger partial charge on any atom is 0.317 e. The molecule has 0 aliphatic carbocycles. The standard InChI is InChI=1S/C21H24N2O4S/c1-16(27-20(24)15-28-19-5-3-2-4-6-19)21(25)22-17-7-9-18(10-8-17)23-11-13-26-14-12-23/h2-10,16H,11-15H2,1H3,(H,22,25)/t16-/m1/s1. The molecule has 0 unspecified atom stereocenters. The van der Waals surface area contributed by atoms with Crippen molar-refractivity contribution < 1.29 is 19.1 Å². The third kappa shape index (κ3) is 6.00. The molecule has 28 heavy (non-hydrogen) atoms. The van der Waals surface area contributed by atoms with Crippen LogP contribution in [0, 0.1) is 0 Å². The summed E-state index contributed by atoms with van der Waals surface area (Å²) in [5.74, 6) is -0.605. The summed E-state index contributed by atoms with van der Waals surface area (Å²) in [6.45, 7) is 4.75. The van der Waals surface area contributed by atoms with Crippen molar-refractivity contribution in [3.8, 4) is 0 Å². The molecule has 0 radical (unpaired) electrons. The highest BCUT2D eigenvalue weighted by molar-refractivity contribution is 8.00. The molecule has 2 aromatic carbocycles. The summed E-state index contributed by atoms with van der Waals surface area (Å²) in [5, 5.41) is 2.78. The van der Waals surface area contributed by atoms with Crippen molar-refractivity contribution >= 4 is 35.0 Å². The highest BCUT2D eigenvalue weighted by Crippen LogP contribution is 2.20. The van der Waals surface area contributed by atoms with Crippen molar-refractivity contribution in [1.29, 1.82) is 0 Å². The minimum atomic E-state index is -0.859. The Bertz CT molecular complexity index is 777. The van der Waals surface area contributed by atoms with Crippen molar-refractivity contribution in [3.63, 3.8) is 0 Å². The predicted octanol–water partition coefficient (Wildman–Crippen LogP) is 3.19. The number of carbonyl (C=O) groups is 2. The van der Waals surface area contributed by atoms with E-state index in [0.717, 1.165) is 36.9 Å². The number of morpholine rings is 1. The maximum atomic E-state index is 12.3. The van der Waals surface area contributed by atoms with Gasteiger partial charge in [0.1, 0.15) is 0 Å². The minimum absolute atomic E-state index is 0.163. The van der Waals surface area contributed by atoms with Crippen LogP contribution in [0.15, 0.2) is 59.5 Å². The van der Waals surface area contributed by atoms with Gasteiger partial charge in [-0.3, -0.25) is 9.59 Å². The third-order valence-corrected chi connectivity index (χ3v) is 5.27. The monoisotopic (exact) mass is 400 g/mol. The second-order valence-corrected chi connectivity index (χ2v) is 7.42. The van der Waals surface area contributed by atoms with E-state index in [1.807, 2.05) is 54.6 Å². The van der Waals surface area contributed by atoms with Crippen molar-refractivity contribution in [2.45, 2.75) is 17.9 Å². The van der Waals surface area contributed by atoms with E-state index in [1.54, 1.807) is 6.92 Å². The summed E-state index contributed by atoms with van der Waals surface area (Å²) in [6, 6.07) is 17.2. The molecular formula is C21H24N2O4S. The number of esters is 1. The molecule has 0 spiro atoms. The quantitative estimate of drug-likeness (QED) is 0.569. The largest absolute Gasteiger partial charge is 0.452 e. The molecule has 1 amide bonds. The first-order chi connectivity index (χ1) is 13.6. The van der Waals surface area contributed by atoms with Gasteiger partial charge in [-0.25, -0.2) is 0 Å². The number of carbonyl (C=O) groups excluding carboxylic acids is 2. The van der Waals surface area contributed by atoms with E-state index in [9.17, 15) is 9.59 Å². The van der Waals surface area contributed by atoms with Crippen LogP contribution in [0.1, 0.15) is 6.92 Å². The van der Waals surface area contributed by atoms with Crippen molar-refractivity contribution in [1.82, 2.24) is 0 Å². The molecule has 3 rings (SSSR count). The van der Waals surface area contributed by atoms with Crippen molar-refractivity contribution in [3.05, 3.63) is 54.6 Å². The van der Waals surface area contributed by atoms with Crippen LogP contribution in [-0.2, 0) is 19.1 Å². The Morgan fingerprint density at radius 1 is 1.11 bits per heavy atom. The Morgan fingerprint density at radius 3 is 2.46 bits per heavy atom. The number of nitrogens with zero attached hydrogens (tertiary/aromatic N) is 1. The predicted molar refractivity (Wildman–Crippen MR) is 111 cm³/mol. The van der Waals surface area contributed by atoms with Crippen LogP contribution in [0.5, 0.6) is 0 Å². The molecule has 1 N–H and O–H groups in total. The minimum Gasteiger partial charge on any atom is -0.452 e. The summed E-state index contributed by atoms with van der Waals surface area (Å²) >= 11 is 1.38. The zero-order chi connectivity index (χ0) is 19.8. The molecule has 1 atom stereocenters. The van der Waals surface area contributed by atoms with E-state index in [2.05, 4.69) is 10.2 Å². The Morgan fingerprint density at radius 2 is 1.79 bits per heavy atom. The SMILES string of the molecule is C[C@@H](OC(=O)CSc1ccccc1)C(=O)Nc1ccc(N2CCOCC2)cc1. The molecule has 1 saturated heterocycles. The average molecular weight is 401 g/mol. The normalized spacial score (nSPS) is 15.0. The zero-order valence-corrected chi connectivity index (χ0v) is 16.6. The van der Waals surface area contributed by atoms with Gasteiger partial charge in [0.25, 0.3) is 5.91 Å². The van der Waals surface area contributed by atoms with E-state index in [4.69, 9.17) is 9.47 Å². The van der Waals surface area contributed by atoms with Crippen LogP contribution < -0.4 is 10.2 Å². The molecule has 0 aromatic heterocycles. The first kappa shape index (κ1) is 20.2. The molecule has 1 heterocycles. The Hall–Kier alpha value is -2.51. The number of benzene rings is 2. The lowest BCUT2D eigenvalue weighted by Crippen LogP contribution is -2.36. The fraction of sp³-hybridized carbons (Fsp3) is 0.333. The summed E-state index contributed by atoms with van der Waals surface area (Å²) < 4.78 is 10.6. The highest BCUT2D eigenvalue weighted by atomic mass is 32.2. The zero-order valence-electron chi connectivity index (χ0n) is 15.8. The van der Waals surface area contributed by atoms with E-state index >= 15 is 0 Å². The molecule has 2 aromatic rings. The fourth-order valence-corrected chi connectivity index (χ4v) is 3.47. The van der Waals surface area contributed by atoms with Crippen LogP contribution >= 0.6 is 11.8 Å². The van der Waals surface area contributed by atoms with Crippen LogP contribution in [0.4, 0.5) is 11.4 Å². The smallest absolute Gasteiger partial charge is 0.317 e. The van der Waals surface area contributed by atoms with Gasteiger partial charge in [-0.2, -0.15) is 0 Å². The van der Waals surface area contributed by atoms with E-state index in [-0.39, 0.29) is 11.7 Å². The molecule has 0 saturated carbocycles. The first-order valence-electron chi connectivity index (χ1n) is 9.23. The van der Waals surface area contributed by atoms with Gasteiger partial charge >= 0.3 is 5.97 Å². The molecule has 1 fully saturated rings. The summed E-state index contributed by atoms with van der Waals surface area (Å²) in [7, 11) is 0. The molecule has 6 nitrogen and oxygen atoms in total. The number of rotatable bonds is 7. The Balaban J connectivity index is 1.44. The van der Waals surface area contributed by atoms with E-state index < -0.39 is 12.1 Å². The Labute approximate surface area is 169 Å². The van der Waals surface area contributed by atoms with Crippen LogP contribution in [0.2, 0.25) is 0 Å². The second kappa shape index (κ2) is 10.1. The van der Waals surface area contributed by atoms with E-state index in [0.29, 0.717) is 5.69 Å². The van der Waals surface area contributed by atoms with Crippen LogP contribution in [0.3, 0.4) is 0 Å². The molecular weight excluding hydrogens is 376 g/mol. The number of amides is 1. The lowest BCUT2D eigenvalue weighted by Gasteiger charge is -2.28. The van der Waals surface area contributed by atoms with Gasteiger partial charge in [-0.05, 0) is 43.3 Å². The lowest BCUT2D eigenvalue weighted by molar-refractivity contribution is -0.150. The maximum absolute atomic E-state index is 12.3. The summed E-state index contributed by atoms with van der Waals surface area (Å²) in [5.41, 5.74) is 1.77. The number of hydrogen-bond acceptors (Lipinski definition) is 6. The van der Waals surface area contributed by atoms with E-state index in [1.165, 1.54) is 11.8 Å². The molecule has 1 aliphatic rings.